The lowest BCUT2D eigenvalue weighted by Crippen LogP contribution is -2.31. The molecule has 1 atom stereocenters. The molecule has 0 aromatic heterocycles. The zero-order valence-electron chi connectivity index (χ0n) is 17.9. The molecule has 2 aromatic rings. The summed E-state index contributed by atoms with van der Waals surface area (Å²) in [5.41, 5.74) is 1.25. The first-order valence-electron chi connectivity index (χ1n) is 10.1. The van der Waals surface area contributed by atoms with Crippen molar-refractivity contribution in [1.82, 2.24) is 9.62 Å². The van der Waals surface area contributed by atoms with Crippen LogP contribution in [-0.4, -0.2) is 59.1 Å². The van der Waals surface area contributed by atoms with E-state index in [1.807, 2.05) is 48.2 Å². The number of rotatable bonds is 9. The van der Waals surface area contributed by atoms with Gasteiger partial charge in [-0.3, -0.25) is 10.1 Å². The summed E-state index contributed by atoms with van der Waals surface area (Å²) in [6, 6.07) is 11.8. The van der Waals surface area contributed by atoms with Crippen molar-refractivity contribution in [3.05, 3.63) is 58.1 Å². The SMILES string of the molecule is COc1ccc(C2CCCN2c2ccc(S(=O)(=O)NCCN(C)C)cc2[N+](=O)[O-])cc1. The Hall–Kier alpha value is -2.69. The standard InChI is InChI=1S/C21H28N4O5S/c1-23(2)14-12-22-31(28,29)18-10-11-20(21(15-18)25(26)27)24-13-4-5-19(24)16-6-8-17(30-3)9-7-16/h6-11,15,19,22H,4-5,12-14H2,1-3H3. The average Bonchev–Trinajstić information content (AvgIpc) is 3.22. The van der Waals surface area contributed by atoms with Crippen LogP contribution in [0, 0.1) is 10.1 Å². The van der Waals surface area contributed by atoms with E-state index < -0.39 is 14.9 Å². The molecule has 0 spiro atoms. The highest BCUT2D eigenvalue weighted by molar-refractivity contribution is 7.89. The van der Waals surface area contributed by atoms with Crippen molar-refractivity contribution < 1.29 is 18.1 Å². The van der Waals surface area contributed by atoms with Crippen LogP contribution >= 0.6 is 0 Å². The molecule has 0 saturated carbocycles. The van der Waals surface area contributed by atoms with Gasteiger partial charge in [0.25, 0.3) is 5.69 Å². The Morgan fingerprint density at radius 3 is 2.55 bits per heavy atom. The van der Waals surface area contributed by atoms with Gasteiger partial charge in [0.2, 0.25) is 10.0 Å². The van der Waals surface area contributed by atoms with E-state index in [4.69, 9.17) is 4.74 Å². The Labute approximate surface area is 182 Å². The molecule has 3 rings (SSSR count). The second-order valence-corrected chi connectivity index (χ2v) is 9.50. The van der Waals surface area contributed by atoms with E-state index in [1.54, 1.807) is 13.2 Å². The lowest BCUT2D eigenvalue weighted by atomic mass is 10.0. The molecule has 1 heterocycles. The van der Waals surface area contributed by atoms with Gasteiger partial charge in [-0.1, -0.05) is 12.1 Å². The van der Waals surface area contributed by atoms with E-state index in [2.05, 4.69) is 4.72 Å². The summed E-state index contributed by atoms with van der Waals surface area (Å²) in [5.74, 6) is 0.746. The second-order valence-electron chi connectivity index (χ2n) is 7.73. The van der Waals surface area contributed by atoms with Gasteiger partial charge in [0.05, 0.1) is 23.0 Å². The van der Waals surface area contributed by atoms with Crippen LogP contribution in [0.3, 0.4) is 0 Å². The number of ether oxygens (including phenoxy) is 1. The average molecular weight is 449 g/mol. The summed E-state index contributed by atoms with van der Waals surface area (Å²) < 4.78 is 32.9. The Bertz CT molecular complexity index is 1020. The lowest BCUT2D eigenvalue weighted by Gasteiger charge is -2.27. The Morgan fingerprint density at radius 1 is 1.23 bits per heavy atom. The molecule has 0 amide bonds. The van der Waals surface area contributed by atoms with Crippen LogP contribution in [0.4, 0.5) is 11.4 Å². The van der Waals surface area contributed by atoms with E-state index in [0.717, 1.165) is 30.2 Å². The largest absolute Gasteiger partial charge is 0.497 e. The topological polar surface area (TPSA) is 105 Å². The zero-order valence-corrected chi connectivity index (χ0v) is 18.8. The molecule has 2 aromatic carbocycles. The quantitative estimate of drug-likeness (QED) is 0.464. The fourth-order valence-electron chi connectivity index (χ4n) is 3.77. The van der Waals surface area contributed by atoms with Crippen LogP contribution in [0.1, 0.15) is 24.4 Å². The van der Waals surface area contributed by atoms with E-state index in [1.165, 1.54) is 6.07 Å². The van der Waals surface area contributed by atoms with Crippen molar-refractivity contribution in [1.29, 1.82) is 0 Å². The number of nitro groups is 1. The van der Waals surface area contributed by atoms with Gasteiger partial charge in [0.1, 0.15) is 11.4 Å². The van der Waals surface area contributed by atoms with Crippen LogP contribution in [0.2, 0.25) is 0 Å². The maximum atomic E-state index is 12.6. The molecule has 9 nitrogen and oxygen atoms in total. The first kappa shape index (κ1) is 23.0. The zero-order chi connectivity index (χ0) is 22.6. The highest BCUT2D eigenvalue weighted by Gasteiger charge is 2.32. The summed E-state index contributed by atoms with van der Waals surface area (Å²) in [4.78, 5) is 15.0. The van der Waals surface area contributed by atoms with Gasteiger partial charge in [-0.15, -0.1) is 0 Å². The predicted octanol–water partition coefficient (Wildman–Crippen LogP) is 2.78. The molecule has 168 valence electrons. The van der Waals surface area contributed by atoms with Gasteiger partial charge in [-0.2, -0.15) is 0 Å². The monoisotopic (exact) mass is 448 g/mol. The van der Waals surface area contributed by atoms with Gasteiger partial charge in [0, 0.05) is 25.7 Å². The van der Waals surface area contributed by atoms with Crippen LogP contribution in [0.5, 0.6) is 5.75 Å². The number of benzene rings is 2. The van der Waals surface area contributed by atoms with Crippen molar-refractivity contribution in [2.45, 2.75) is 23.8 Å². The number of nitrogens with one attached hydrogen (secondary N) is 1. The molecule has 1 fully saturated rings. The van der Waals surface area contributed by atoms with Crippen LogP contribution in [0.15, 0.2) is 47.4 Å². The minimum atomic E-state index is -3.84. The van der Waals surface area contributed by atoms with Gasteiger partial charge < -0.3 is 14.5 Å². The van der Waals surface area contributed by atoms with Crippen LogP contribution in [-0.2, 0) is 10.0 Å². The predicted molar refractivity (Wildman–Crippen MR) is 119 cm³/mol. The molecular formula is C21H28N4O5S. The summed E-state index contributed by atoms with van der Waals surface area (Å²) in [6.07, 6.45) is 1.75. The molecule has 0 bridgehead atoms. The fourth-order valence-corrected chi connectivity index (χ4v) is 4.81. The Morgan fingerprint density at radius 2 is 1.94 bits per heavy atom. The molecule has 10 heteroatoms. The van der Waals surface area contributed by atoms with Gasteiger partial charge in [0.15, 0.2) is 0 Å². The number of likely N-dealkylation sites (N-methyl/N-ethyl adjacent to an activating group) is 1. The first-order valence-corrected chi connectivity index (χ1v) is 11.5. The van der Waals surface area contributed by atoms with E-state index in [0.29, 0.717) is 18.8 Å². The normalized spacial score (nSPS) is 16.6. The van der Waals surface area contributed by atoms with Crippen LogP contribution < -0.4 is 14.4 Å². The van der Waals surface area contributed by atoms with Crippen LogP contribution in [0.25, 0.3) is 0 Å². The van der Waals surface area contributed by atoms with Crippen molar-refractivity contribution >= 4 is 21.4 Å². The second kappa shape index (κ2) is 9.63. The third-order valence-corrected chi connectivity index (χ3v) is 6.83. The highest BCUT2D eigenvalue weighted by atomic mass is 32.2. The van der Waals surface area contributed by atoms with Crippen molar-refractivity contribution in [3.63, 3.8) is 0 Å². The molecule has 1 aliphatic rings. The molecule has 31 heavy (non-hydrogen) atoms. The number of nitrogens with zero attached hydrogens (tertiary/aromatic N) is 3. The number of hydrogen-bond acceptors (Lipinski definition) is 7. The number of nitro benzene ring substituents is 1. The molecule has 1 N–H and O–H groups in total. The summed E-state index contributed by atoms with van der Waals surface area (Å²) in [6.45, 7) is 1.40. The maximum Gasteiger partial charge on any atom is 0.293 e. The molecule has 0 aliphatic carbocycles. The minimum Gasteiger partial charge on any atom is -0.497 e. The fraction of sp³-hybridized carbons (Fsp3) is 0.429. The summed E-state index contributed by atoms with van der Waals surface area (Å²) >= 11 is 0. The third-order valence-electron chi connectivity index (χ3n) is 5.37. The third kappa shape index (κ3) is 5.33. The van der Waals surface area contributed by atoms with E-state index in [-0.39, 0.29) is 23.2 Å². The minimum absolute atomic E-state index is 0.0229. The molecule has 0 radical (unpaired) electrons. The van der Waals surface area contributed by atoms with E-state index >= 15 is 0 Å². The van der Waals surface area contributed by atoms with Crippen molar-refractivity contribution in [2.24, 2.45) is 0 Å². The maximum absolute atomic E-state index is 12.6. The summed E-state index contributed by atoms with van der Waals surface area (Å²) in [7, 11) is 1.44. The van der Waals surface area contributed by atoms with E-state index in [9.17, 15) is 18.5 Å². The highest BCUT2D eigenvalue weighted by Crippen LogP contribution is 2.41. The molecule has 1 saturated heterocycles. The number of hydrogen-bond donors (Lipinski definition) is 1. The van der Waals surface area contributed by atoms with Gasteiger partial charge in [-0.05, 0) is 56.8 Å². The number of anilines is 1. The van der Waals surface area contributed by atoms with Gasteiger partial charge in [-0.25, -0.2) is 13.1 Å². The Balaban J connectivity index is 1.90. The first-order chi connectivity index (χ1) is 14.7. The molecule has 1 aliphatic heterocycles. The smallest absolute Gasteiger partial charge is 0.293 e. The van der Waals surface area contributed by atoms with Crippen molar-refractivity contribution in [3.8, 4) is 5.75 Å². The number of methoxy groups -OCH3 is 1. The Kier molecular flexibility index (Phi) is 7.14. The van der Waals surface area contributed by atoms with Crippen molar-refractivity contribution in [2.75, 3.05) is 45.7 Å². The number of sulfonamides is 1. The lowest BCUT2D eigenvalue weighted by molar-refractivity contribution is -0.384. The molecular weight excluding hydrogens is 420 g/mol. The van der Waals surface area contributed by atoms with Gasteiger partial charge >= 0.3 is 0 Å². The summed E-state index contributed by atoms with van der Waals surface area (Å²) in [5, 5.41) is 11.8. The molecule has 1 unspecified atom stereocenters.